The first-order valence-electron chi connectivity index (χ1n) is 5.51. The Morgan fingerprint density at radius 2 is 2.27 bits per heavy atom. The largest absolute Gasteiger partial charge is 0.396 e. The molecule has 1 atom stereocenters. The number of aliphatic hydroxyl groups excluding tert-OH is 1. The molecule has 1 saturated heterocycles. The van der Waals surface area contributed by atoms with Gasteiger partial charge in [-0.2, -0.15) is 0 Å². The van der Waals surface area contributed by atoms with Gasteiger partial charge in [0.05, 0.1) is 5.60 Å². The van der Waals surface area contributed by atoms with Crippen LogP contribution >= 0.6 is 0 Å². The first-order valence-corrected chi connectivity index (χ1v) is 5.51. The molecule has 1 fully saturated rings. The molecule has 0 bridgehead atoms. The summed E-state index contributed by atoms with van der Waals surface area (Å²) in [6.07, 6.45) is 0.471. The summed E-state index contributed by atoms with van der Waals surface area (Å²) in [6, 6.07) is 0. The van der Waals surface area contributed by atoms with Crippen molar-refractivity contribution < 1.29 is 14.6 Å². The van der Waals surface area contributed by atoms with E-state index < -0.39 is 0 Å². The van der Waals surface area contributed by atoms with E-state index >= 15 is 0 Å². The number of nitrogens with zero attached hydrogens (tertiary/aromatic N) is 1. The number of hydrogen-bond acceptors (Lipinski definition) is 3. The lowest BCUT2D eigenvalue weighted by Crippen LogP contribution is -2.41. The van der Waals surface area contributed by atoms with Crippen LogP contribution in [0.3, 0.4) is 0 Å². The van der Waals surface area contributed by atoms with Gasteiger partial charge in [0.1, 0.15) is 0 Å². The molecule has 1 aliphatic rings. The number of amides is 1. The van der Waals surface area contributed by atoms with Gasteiger partial charge < -0.3 is 14.7 Å². The molecule has 0 radical (unpaired) electrons. The van der Waals surface area contributed by atoms with E-state index in [9.17, 15) is 4.79 Å². The molecule has 1 aliphatic heterocycles. The number of ether oxygens (including phenoxy) is 1. The highest BCUT2D eigenvalue weighted by Crippen LogP contribution is 2.21. The quantitative estimate of drug-likeness (QED) is 0.732. The van der Waals surface area contributed by atoms with Gasteiger partial charge in [0.25, 0.3) is 0 Å². The standard InChI is InChI=1S/C11H21NO3/c1-4-15-11(2,3)8-12-6-9(7-13)5-10(12)14/h9,13H,4-8H2,1-3H3. The lowest BCUT2D eigenvalue weighted by molar-refractivity contribution is -0.131. The Bertz CT molecular complexity index is 228. The minimum atomic E-state index is -0.297. The minimum absolute atomic E-state index is 0.0945. The van der Waals surface area contributed by atoms with Crippen LogP contribution in [-0.2, 0) is 9.53 Å². The number of rotatable bonds is 5. The number of aliphatic hydroxyl groups is 1. The Hall–Kier alpha value is -0.610. The van der Waals surface area contributed by atoms with Crippen LogP contribution < -0.4 is 0 Å². The Morgan fingerprint density at radius 1 is 1.60 bits per heavy atom. The highest BCUT2D eigenvalue weighted by Gasteiger charge is 2.33. The lowest BCUT2D eigenvalue weighted by Gasteiger charge is -2.30. The van der Waals surface area contributed by atoms with Crippen molar-refractivity contribution >= 4 is 5.91 Å². The van der Waals surface area contributed by atoms with E-state index in [-0.39, 0.29) is 24.0 Å². The minimum Gasteiger partial charge on any atom is -0.396 e. The zero-order chi connectivity index (χ0) is 11.5. The van der Waals surface area contributed by atoms with Gasteiger partial charge in [-0.25, -0.2) is 0 Å². The third kappa shape index (κ3) is 3.47. The van der Waals surface area contributed by atoms with Crippen LogP contribution in [0.2, 0.25) is 0 Å². The molecule has 1 unspecified atom stereocenters. The van der Waals surface area contributed by atoms with E-state index in [0.29, 0.717) is 26.1 Å². The molecule has 88 valence electrons. The van der Waals surface area contributed by atoms with E-state index in [1.54, 1.807) is 4.90 Å². The summed E-state index contributed by atoms with van der Waals surface area (Å²) < 4.78 is 5.55. The van der Waals surface area contributed by atoms with Gasteiger partial charge >= 0.3 is 0 Å². The summed E-state index contributed by atoms with van der Waals surface area (Å²) in [6.45, 7) is 7.92. The summed E-state index contributed by atoms with van der Waals surface area (Å²) in [5.41, 5.74) is -0.297. The van der Waals surface area contributed by atoms with Crippen molar-refractivity contribution in [2.75, 3.05) is 26.3 Å². The number of carbonyl (C=O) groups excluding carboxylic acids is 1. The maximum absolute atomic E-state index is 11.6. The highest BCUT2D eigenvalue weighted by molar-refractivity contribution is 5.78. The third-order valence-corrected chi connectivity index (χ3v) is 2.66. The summed E-state index contributed by atoms with van der Waals surface area (Å²) in [5, 5.41) is 8.99. The Labute approximate surface area is 91.2 Å². The molecule has 4 nitrogen and oxygen atoms in total. The van der Waals surface area contributed by atoms with Gasteiger partial charge in [0.15, 0.2) is 0 Å². The summed E-state index contributed by atoms with van der Waals surface area (Å²) >= 11 is 0. The first kappa shape index (κ1) is 12.5. The summed E-state index contributed by atoms with van der Waals surface area (Å²) in [4.78, 5) is 13.4. The number of hydrogen-bond donors (Lipinski definition) is 1. The fourth-order valence-electron chi connectivity index (χ4n) is 2.03. The monoisotopic (exact) mass is 215 g/mol. The number of likely N-dealkylation sites (tertiary alicyclic amines) is 1. The van der Waals surface area contributed by atoms with Crippen LogP contribution in [0, 0.1) is 5.92 Å². The van der Waals surface area contributed by atoms with Gasteiger partial charge in [-0.3, -0.25) is 4.79 Å². The zero-order valence-corrected chi connectivity index (χ0v) is 9.82. The average Bonchev–Trinajstić information content (AvgIpc) is 2.46. The van der Waals surface area contributed by atoms with Crippen molar-refractivity contribution in [3.8, 4) is 0 Å². The molecule has 0 saturated carbocycles. The van der Waals surface area contributed by atoms with Crippen LogP contribution in [0.1, 0.15) is 27.2 Å². The van der Waals surface area contributed by atoms with Crippen LogP contribution in [-0.4, -0.2) is 47.8 Å². The van der Waals surface area contributed by atoms with Crippen molar-refractivity contribution in [1.29, 1.82) is 0 Å². The highest BCUT2D eigenvalue weighted by atomic mass is 16.5. The molecule has 1 rings (SSSR count). The van der Waals surface area contributed by atoms with Gasteiger partial charge in [-0.05, 0) is 20.8 Å². The maximum Gasteiger partial charge on any atom is 0.223 e. The smallest absolute Gasteiger partial charge is 0.223 e. The molecule has 0 aromatic heterocycles. The van der Waals surface area contributed by atoms with Crippen molar-refractivity contribution in [1.82, 2.24) is 4.90 Å². The van der Waals surface area contributed by atoms with Crippen LogP contribution in [0.15, 0.2) is 0 Å². The molecular formula is C11H21NO3. The number of carbonyl (C=O) groups is 1. The Balaban J connectivity index is 2.48. The van der Waals surface area contributed by atoms with Gasteiger partial charge in [-0.15, -0.1) is 0 Å². The van der Waals surface area contributed by atoms with Gasteiger partial charge in [-0.1, -0.05) is 0 Å². The normalized spacial score (nSPS) is 22.5. The van der Waals surface area contributed by atoms with Crippen molar-refractivity contribution in [2.24, 2.45) is 5.92 Å². The van der Waals surface area contributed by atoms with Gasteiger partial charge in [0, 0.05) is 38.6 Å². The second kappa shape index (κ2) is 4.94. The van der Waals surface area contributed by atoms with E-state index in [4.69, 9.17) is 9.84 Å². The fraction of sp³-hybridized carbons (Fsp3) is 0.909. The Kier molecular flexibility index (Phi) is 4.11. The van der Waals surface area contributed by atoms with Gasteiger partial charge in [0.2, 0.25) is 5.91 Å². The predicted octanol–water partition coefficient (Wildman–Crippen LogP) is 0.642. The maximum atomic E-state index is 11.6. The molecule has 0 aromatic rings. The van der Waals surface area contributed by atoms with Crippen LogP contribution in [0.4, 0.5) is 0 Å². The van der Waals surface area contributed by atoms with Crippen molar-refractivity contribution in [3.63, 3.8) is 0 Å². The second-order valence-corrected chi connectivity index (χ2v) is 4.72. The first-order chi connectivity index (χ1) is 6.98. The lowest BCUT2D eigenvalue weighted by atomic mass is 10.1. The van der Waals surface area contributed by atoms with E-state index in [2.05, 4.69) is 0 Å². The SMILES string of the molecule is CCOC(C)(C)CN1CC(CO)CC1=O. The van der Waals surface area contributed by atoms with E-state index in [1.807, 2.05) is 20.8 Å². The third-order valence-electron chi connectivity index (χ3n) is 2.66. The summed E-state index contributed by atoms with van der Waals surface area (Å²) in [5.74, 6) is 0.233. The molecule has 0 aliphatic carbocycles. The van der Waals surface area contributed by atoms with Crippen LogP contribution in [0.5, 0.6) is 0 Å². The molecule has 1 heterocycles. The molecule has 0 aromatic carbocycles. The second-order valence-electron chi connectivity index (χ2n) is 4.72. The van der Waals surface area contributed by atoms with E-state index in [0.717, 1.165) is 0 Å². The fourth-order valence-corrected chi connectivity index (χ4v) is 2.03. The average molecular weight is 215 g/mol. The topological polar surface area (TPSA) is 49.8 Å². The predicted molar refractivity (Wildman–Crippen MR) is 57.5 cm³/mol. The van der Waals surface area contributed by atoms with Crippen molar-refractivity contribution in [3.05, 3.63) is 0 Å². The summed E-state index contributed by atoms with van der Waals surface area (Å²) in [7, 11) is 0. The van der Waals surface area contributed by atoms with Crippen LogP contribution in [0.25, 0.3) is 0 Å². The van der Waals surface area contributed by atoms with E-state index in [1.165, 1.54) is 0 Å². The molecule has 1 amide bonds. The van der Waals surface area contributed by atoms with Crippen molar-refractivity contribution in [2.45, 2.75) is 32.8 Å². The molecule has 0 spiro atoms. The molecule has 4 heteroatoms. The molecule has 1 N–H and O–H groups in total. The Morgan fingerprint density at radius 3 is 2.73 bits per heavy atom. The molecular weight excluding hydrogens is 194 g/mol. The molecule has 15 heavy (non-hydrogen) atoms. The zero-order valence-electron chi connectivity index (χ0n) is 9.82.